The van der Waals surface area contributed by atoms with E-state index in [1.54, 1.807) is 4.68 Å². The van der Waals surface area contributed by atoms with Crippen molar-refractivity contribution < 1.29 is 4.74 Å². The minimum atomic E-state index is 0.308. The number of nitrogens with two attached hydrogens (primary N) is 1. The fourth-order valence-corrected chi connectivity index (χ4v) is 2.21. The highest BCUT2D eigenvalue weighted by atomic mass is 16.5. The molecule has 19 heavy (non-hydrogen) atoms. The highest BCUT2D eigenvalue weighted by molar-refractivity contribution is 5.64. The first-order valence-corrected chi connectivity index (χ1v) is 6.72. The molecule has 0 amide bonds. The molecule has 0 aliphatic carbocycles. The maximum atomic E-state index is 9.23. The van der Waals surface area contributed by atoms with Gasteiger partial charge in [0.2, 0.25) is 0 Å². The molecule has 2 rings (SSSR count). The molecule has 1 aromatic heterocycles. The number of anilines is 2. The van der Waals surface area contributed by atoms with Crippen LogP contribution >= 0.6 is 0 Å². The van der Waals surface area contributed by atoms with Gasteiger partial charge in [-0.15, -0.1) is 0 Å². The largest absolute Gasteiger partial charge is 0.383 e. The maximum absolute atomic E-state index is 9.23. The summed E-state index contributed by atoms with van der Waals surface area (Å²) in [6.07, 6.45) is 1.86. The van der Waals surface area contributed by atoms with Crippen LogP contribution < -0.4 is 11.1 Å². The zero-order chi connectivity index (χ0) is 13.8. The summed E-state index contributed by atoms with van der Waals surface area (Å²) < 4.78 is 7.03. The average molecular weight is 263 g/mol. The van der Waals surface area contributed by atoms with Crippen molar-refractivity contribution in [2.24, 2.45) is 5.92 Å². The molecule has 1 aliphatic rings. The molecule has 1 fully saturated rings. The van der Waals surface area contributed by atoms with E-state index in [1.807, 2.05) is 0 Å². The topological polar surface area (TPSA) is 88.9 Å². The maximum Gasteiger partial charge on any atom is 0.168 e. The van der Waals surface area contributed by atoms with Gasteiger partial charge in [0.15, 0.2) is 5.82 Å². The van der Waals surface area contributed by atoms with Crippen LogP contribution in [0.15, 0.2) is 0 Å². The first kappa shape index (κ1) is 13.7. The Bertz CT molecular complexity index is 468. The van der Waals surface area contributed by atoms with E-state index in [0.29, 0.717) is 29.2 Å². The Labute approximate surface area is 113 Å². The van der Waals surface area contributed by atoms with Crippen molar-refractivity contribution in [2.45, 2.75) is 39.3 Å². The Balaban J connectivity index is 2.17. The van der Waals surface area contributed by atoms with Gasteiger partial charge in [-0.3, -0.25) is 0 Å². The molecule has 0 unspecified atom stereocenters. The second-order valence-electron chi connectivity index (χ2n) is 5.33. The monoisotopic (exact) mass is 263 g/mol. The number of aromatic nitrogens is 2. The quantitative estimate of drug-likeness (QED) is 0.861. The van der Waals surface area contributed by atoms with Gasteiger partial charge >= 0.3 is 0 Å². The molecular weight excluding hydrogens is 242 g/mol. The third-order valence-electron chi connectivity index (χ3n) is 3.20. The second-order valence-corrected chi connectivity index (χ2v) is 5.33. The molecule has 0 bridgehead atoms. The van der Waals surface area contributed by atoms with E-state index in [2.05, 4.69) is 30.3 Å². The molecular formula is C13H21N5O. The molecule has 1 aliphatic heterocycles. The van der Waals surface area contributed by atoms with E-state index in [9.17, 15) is 5.26 Å². The molecule has 1 saturated heterocycles. The van der Waals surface area contributed by atoms with E-state index >= 15 is 0 Å². The minimum Gasteiger partial charge on any atom is -0.383 e. The van der Waals surface area contributed by atoms with Crippen molar-refractivity contribution >= 4 is 11.6 Å². The molecule has 6 nitrogen and oxygen atoms in total. The predicted molar refractivity (Wildman–Crippen MR) is 73.7 cm³/mol. The van der Waals surface area contributed by atoms with Crippen LogP contribution in [0.25, 0.3) is 0 Å². The highest BCUT2D eigenvalue weighted by Crippen LogP contribution is 2.23. The predicted octanol–water partition coefficient (Wildman–Crippen LogP) is 1.58. The van der Waals surface area contributed by atoms with Crippen LogP contribution in [0, 0.1) is 17.2 Å². The number of nitrogens with zero attached hydrogens (tertiary/aromatic N) is 3. The lowest BCUT2D eigenvalue weighted by molar-refractivity contribution is 0.0903. The molecule has 1 aromatic rings. The Morgan fingerprint density at radius 1 is 1.53 bits per heavy atom. The standard InChI is InChI=1S/C13H21N5O/c1-9(2)8-18-12(15)11(7-14)13(17-18)16-10-3-5-19-6-4-10/h9-10H,3-6,8,15H2,1-2H3,(H,16,17). The van der Waals surface area contributed by atoms with E-state index in [1.165, 1.54) is 0 Å². The lowest BCUT2D eigenvalue weighted by Crippen LogP contribution is -2.28. The van der Waals surface area contributed by atoms with E-state index < -0.39 is 0 Å². The number of nitrogen functional groups attached to an aromatic ring is 1. The summed E-state index contributed by atoms with van der Waals surface area (Å²) in [5, 5.41) is 17.0. The van der Waals surface area contributed by atoms with Crippen LogP contribution in [0.3, 0.4) is 0 Å². The molecule has 0 saturated carbocycles. The van der Waals surface area contributed by atoms with Gasteiger partial charge in [-0.2, -0.15) is 10.4 Å². The lowest BCUT2D eigenvalue weighted by Gasteiger charge is -2.23. The summed E-state index contributed by atoms with van der Waals surface area (Å²) in [5.41, 5.74) is 6.43. The normalized spacial score (nSPS) is 16.5. The summed E-state index contributed by atoms with van der Waals surface area (Å²) >= 11 is 0. The van der Waals surface area contributed by atoms with Gasteiger partial charge in [0, 0.05) is 25.8 Å². The zero-order valence-electron chi connectivity index (χ0n) is 11.5. The van der Waals surface area contributed by atoms with Crippen molar-refractivity contribution in [3.63, 3.8) is 0 Å². The number of hydrogen-bond donors (Lipinski definition) is 2. The molecule has 2 heterocycles. The first-order chi connectivity index (χ1) is 9.11. The highest BCUT2D eigenvalue weighted by Gasteiger charge is 2.20. The molecule has 0 atom stereocenters. The summed E-state index contributed by atoms with van der Waals surface area (Å²) in [6, 6.07) is 2.45. The fourth-order valence-electron chi connectivity index (χ4n) is 2.21. The number of ether oxygens (including phenoxy) is 1. The van der Waals surface area contributed by atoms with Crippen molar-refractivity contribution in [2.75, 3.05) is 24.3 Å². The van der Waals surface area contributed by atoms with Gasteiger partial charge in [0.25, 0.3) is 0 Å². The molecule has 104 valence electrons. The Morgan fingerprint density at radius 2 is 2.21 bits per heavy atom. The van der Waals surface area contributed by atoms with Crippen molar-refractivity contribution in [3.05, 3.63) is 5.56 Å². The number of nitriles is 1. The van der Waals surface area contributed by atoms with Crippen LogP contribution in [0.5, 0.6) is 0 Å². The molecule has 3 N–H and O–H groups in total. The SMILES string of the molecule is CC(C)Cn1nc(NC2CCOCC2)c(C#N)c1N. The second kappa shape index (κ2) is 5.93. The average Bonchev–Trinajstić information content (AvgIpc) is 2.66. The summed E-state index contributed by atoms with van der Waals surface area (Å²) in [6.45, 7) is 6.41. The molecule has 6 heteroatoms. The fraction of sp³-hybridized carbons (Fsp3) is 0.692. The van der Waals surface area contributed by atoms with Crippen LogP contribution in [0.2, 0.25) is 0 Å². The third kappa shape index (κ3) is 3.18. The zero-order valence-corrected chi connectivity index (χ0v) is 11.5. The molecule has 0 spiro atoms. The smallest absolute Gasteiger partial charge is 0.168 e. The van der Waals surface area contributed by atoms with E-state index in [-0.39, 0.29) is 0 Å². The van der Waals surface area contributed by atoms with Crippen molar-refractivity contribution in [3.8, 4) is 6.07 Å². The number of hydrogen-bond acceptors (Lipinski definition) is 5. The van der Waals surface area contributed by atoms with Gasteiger partial charge in [-0.25, -0.2) is 4.68 Å². The first-order valence-electron chi connectivity index (χ1n) is 6.72. The number of nitrogens with one attached hydrogen (secondary N) is 1. The van der Waals surface area contributed by atoms with Gasteiger partial charge < -0.3 is 15.8 Å². The van der Waals surface area contributed by atoms with Gasteiger partial charge in [0.05, 0.1) is 0 Å². The lowest BCUT2D eigenvalue weighted by atomic mass is 10.1. The van der Waals surface area contributed by atoms with E-state index in [0.717, 1.165) is 32.6 Å². The molecule has 0 radical (unpaired) electrons. The Kier molecular flexibility index (Phi) is 4.27. The van der Waals surface area contributed by atoms with Crippen LogP contribution in [-0.2, 0) is 11.3 Å². The van der Waals surface area contributed by atoms with E-state index in [4.69, 9.17) is 10.5 Å². The van der Waals surface area contributed by atoms with Crippen LogP contribution in [-0.4, -0.2) is 29.0 Å². The summed E-state index contributed by atoms with van der Waals surface area (Å²) in [5.74, 6) is 1.49. The Morgan fingerprint density at radius 3 is 2.79 bits per heavy atom. The van der Waals surface area contributed by atoms with Crippen LogP contribution in [0.1, 0.15) is 32.3 Å². The van der Waals surface area contributed by atoms with Gasteiger partial charge in [-0.05, 0) is 18.8 Å². The van der Waals surface area contributed by atoms with Crippen molar-refractivity contribution in [1.29, 1.82) is 5.26 Å². The number of rotatable bonds is 4. The third-order valence-corrected chi connectivity index (χ3v) is 3.20. The van der Waals surface area contributed by atoms with Crippen LogP contribution in [0.4, 0.5) is 11.6 Å². The summed E-state index contributed by atoms with van der Waals surface area (Å²) in [4.78, 5) is 0. The minimum absolute atomic E-state index is 0.308. The Hall–Kier alpha value is -1.74. The van der Waals surface area contributed by atoms with Crippen molar-refractivity contribution in [1.82, 2.24) is 9.78 Å². The molecule has 0 aromatic carbocycles. The van der Waals surface area contributed by atoms with Gasteiger partial charge in [-0.1, -0.05) is 13.8 Å². The van der Waals surface area contributed by atoms with Gasteiger partial charge in [0.1, 0.15) is 17.5 Å². The summed E-state index contributed by atoms with van der Waals surface area (Å²) in [7, 11) is 0.